The average molecular weight is 241 g/mol. The highest BCUT2D eigenvalue weighted by Crippen LogP contribution is 2.17. The fourth-order valence-corrected chi connectivity index (χ4v) is 1.94. The van der Waals surface area contributed by atoms with Gasteiger partial charge in [0.25, 0.3) is 0 Å². The van der Waals surface area contributed by atoms with Gasteiger partial charge < -0.3 is 4.74 Å². The van der Waals surface area contributed by atoms with Crippen molar-refractivity contribution < 1.29 is 9.53 Å². The van der Waals surface area contributed by atoms with Crippen LogP contribution in [-0.2, 0) is 16.0 Å². The highest BCUT2D eigenvalue weighted by atomic mass is 35.5. The number of benzene rings is 1. The minimum Gasteiger partial charge on any atom is -0.469 e. The molecule has 2 nitrogen and oxygen atoms in total. The molecule has 0 radical (unpaired) electrons. The molecule has 16 heavy (non-hydrogen) atoms. The van der Waals surface area contributed by atoms with E-state index in [1.165, 1.54) is 23.8 Å². The Morgan fingerprint density at radius 1 is 1.44 bits per heavy atom. The zero-order chi connectivity index (χ0) is 12.1. The predicted molar refractivity (Wildman–Crippen MR) is 65.9 cm³/mol. The molecule has 1 rings (SSSR count). The van der Waals surface area contributed by atoms with E-state index in [1.54, 1.807) is 0 Å². The number of rotatable bonds is 4. The third-order valence-electron chi connectivity index (χ3n) is 2.56. The van der Waals surface area contributed by atoms with Crippen molar-refractivity contribution >= 4 is 17.6 Å². The number of aryl methyl sites for hydroxylation is 2. The zero-order valence-corrected chi connectivity index (χ0v) is 10.7. The van der Waals surface area contributed by atoms with E-state index < -0.39 is 0 Å². The summed E-state index contributed by atoms with van der Waals surface area (Å²) >= 11 is 6.10. The van der Waals surface area contributed by atoms with Crippen molar-refractivity contribution in [3.8, 4) is 0 Å². The quantitative estimate of drug-likeness (QED) is 0.597. The van der Waals surface area contributed by atoms with Crippen LogP contribution in [0.2, 0.25) is 0 Å². The van der Waals surface area contributed by atoms with Crippen LogP contribution < -0.4 is 0 Å². The van der Waals surface area contributed by atoms with Crippen LogP contribution in [0.1, 0.15) is 23.1 Å². The molecule has 0 bridgehead atoms. The summed E-state index contributed by atoms with van der Waals surface area (Å²) in [6.45, 7) is 4.12. The second-order valence-corrected chi connectivity index (χ2v) is 4.63. The van der Waals surface area contributed by atoms with Gasteiger partial charge in [-0.15, -0.1) is 11.6 Å². The molecule has 0 aliphatic carbocycles. The maximum atomic E-state index is 11.0. The molecule has 1 aromatic rings. The van der Waals surface area contributed by atoms with Crippen molar-refractivity contribution in [2.45, 2.75) is 32.1 Å². The third kappa shape index (κ3) is 3.86. The summed E-state index contributed by atoms with van der Waals surface area (Å²) in [6.07, 6.45) is 0.953. The van der Waals surface area contributed by atoms with Crippen LogP contribution in [0.5, 0.6) is 0 Å². The Labute approximate surface area is 102 Å². The smallest absolute Gasteiger partial charge is 0.307 e. The van der Waals surface area contributed by atoms with Gasteiger partial charge in [-0.3, -0.25) is 4.79 Å². The number of esters is 1. The van der Waals surface area contributed by atoms with Gasteiger partial charge in [-0.1, -0.05) is 23.8 Å². The van der Waals surface area contributed by atoms with Crippen molar-refractivity contribution in [2.24, 2.45) is 0 Å². The normalized spacial score (nSPS) is 12.2. The summed E-state index contributed by atoms with van der Waals surface area (Å²) in [5.74, 6) is -0.259. The first-order chi connectivity index (χ1) is 7.52. The first kappa shape index (κ1) is 13.0. The van der Waals surface area contributed by atoms with Gasteiger partial charge in [-0.25, -0.2) is 0 Å². The fourth-order valence-electron chi connectivity index (χ4n) is 1.65. The molecule has 0 saturated carbocycles. The highest BCUT2D eigenvalue weighted by molar-refractivity contribution is 6.21. The van der Waals surface area contributed by atoms with Crippen molar-refractivity contribution in [2.75, 3.05) is 7.11 Å². The summed E-state index contributed by atoms with van der Waals surface area (Å²) in [4.78, 5) is 11.0. The maximum absolute atomic E-state index is 11.0. The van der Waals surface area contributed by atoms with E-state index in [4.69, 9.17) is 11.6 Å². The molecule has 0 fully saturated rings. The lowest BCUT2D eigenvalue weighted by Gasteiger charge is -2.11. The monoisotopic (exact) mass is 240 g/mol. The van der Waals surface area contributed by atoms with Crippen LogP contribution in [0.4, 0.5) is 0 Å². The van der Waals surface area contributed by atoms with Gasteiger partial charge in [0.15, 0.2) is 0 Å². The maximum Gasteiger partial charge on any atom is 0.307 e. The molecule has 0 saturated heterocycles. The number of methoxy groups -OCH3 is 1. The number of hydrogen-bond acceptors (Lipinski definition) is 2. The molecule has 88 valence electrons. The molecule has 3 heteroatoms. The van der Waals surface area contributed by atoms with Crippen LogP contribution in [0, 0.1) is 13.8 Å². The molecular formula is C13H17ClO2. The van der Waals surface area contributed by atoms with E-state index in [-0.39, 0.29) is 17.8 Å². The van der Waals surface area contributed by atoms with Gasteiger partial charge in [-0.05, 0) is 31.4 Å². The number of alkyl halides is 1. The molecular weight excluding hydrogens is 224 g/mol. The van der Waals surface area contributed by atoms with Crippen LogP contribution in [0.3, 0.4) is 0 Å². The summed E-state index contributed by atoms with van der Waals surface area (Å²) in [5.41, 5.74) is 3.64. The second-order valence-electron chi connectivity index (χ2n) is 4.01. The van der Waals surface area contributed by atoms with E-state index in [9.17, 15) is 4.79 Å². The van der Waals surface area contributed by atoms with Gasteiger partial charge in [0.05, 0.1) is 13.5 Å². The van der Waals surface area contributed by atoms with E-state index >= 15 is 0 Å². The Morgan fingerprint density at radius 3 is 2.69 bits per heavy atom. The average Bonchev–Trinajstić information content (AvgIpc) is 2.22. The standard InChI is InChI=1S/C13H17ClO2/c1-9-4-5-11(10(2)6-9)7-12(14)8-13(15)16-3/h4-6,12H,7-8H2,1-3H3. The lowest BCUT2D eigenvalue weighted by atomic mass is 10.0. The molecule has 0 aliphatic rings. The molecule has 1 atom stereocenters. The summed E-state index contributed by atoms with van der Waals surface area (Å²) in [7, 11) is 1.38. The molecule has 0 heterocycles. The second kappa shape index (κ2) is 5.90. The highest BCUT2D eigenvalue weighted by Gasteiger charge is 2.13. The Bertz CT molecular complexity index is 374. The Morgan fingerprint density at radius 2 is 2.12 bits per heavy atom. The van der Waals surface area contributed by atoms with Crippen molar-refractivity contribution in [1.82, 2.24) is 0 Å². The molecule has 0 N–H and O–H groups in total. The Balaban J connectivity index is 2.62. The molecule has 1 aromatic carbocycles. The lowest BCUT2D eigenvalue weighted by Crippen LogP contribution is -2.12. The summed E-state index contributed by atoms with van der Waals surface area (Å²) in [6, 6.07) is 6.25. The molecule has 0 amide bonds. The van der Waals surface area contributed by atoms with Crippen LogP contribution in [-0.4, -0.2) is 18.5 Å². The van der Waals surface area contributed by atoms with Crippen LogP contribution >= 0.6 is 11.6 Å². The van der Waals surface area contributed by atoms with E-state index in [0.717, 1.165) is 0 Å². The Hall–Kier alpha value is -1.02. The SMILES string of the molecule is COC(=O)CC(Cl)Cc1ccc(C)cc1C. The summed E-state index contributed by atoms with van der Waals surface area (Å²) in [5, 5.41) is -0.200. The first-order valence-corrected chi connectivity index (χ1v) is 5.73. The van der Waals surface area contributed by atoms with Crippen molar-refractivity contribution in [3.63, 3.8) is 0 Å². The van der Waals surface area contributed by atoms with Crippen molar-refractivity contribution in [1.29, 1.82) is 0 Å². The first-order valence-electron chi connectivity index (χ1n) is 5.30. The van der Waals surface area contributed by atoms with Gasteiger partial charge in [-0.2, -0.15) is 0 Å². The number of halogens is 1. The third-order valence-corrected chi connectivity index (χ3v) is 2.86. The summed E-state index contributed by atoms with van der Waals surface area (Å²) < 4.78 is 4.58. The predicted octanol–water partition coefficient (Wildman–Crippen LogP) is 3.02. The number of carbonyl (C=O) groups excluding carboxylic acids is 1. The van der Waals surface area contributed by atoms with Crippen LogP contribution in [0.25, 0.3) is 0 Å². The van der Waals surface area contributed by atoms with Gasteiger partial charge in [0.1, 0.15) is 0 Å². The van der Waals surface area contributed by atoms with E-state index in [2.05, 4.69) is 36.8 Å². The number of ether oxygens (including phenoxy) is 1. The fraction of sp³-hybridized carbons (Fsp3) is 0.462. The van der Waals surface area contributed by atoms with Crippen LogP contribution in [0.15, 0.2) is 18.2 Å². The molecule has 0 aromatic heterocycles. The lowest BCUT2D eigenvalue weighted by molar-refractivity contribution is -0.140. The molecule has 0 aliphatic heterocycles. The minimum absolute atomic E-state index is 0.200. The minimum atomic E-state index is -0.259. The molecule has 1 unspecified atom stereocenters. The number of carbonyl (C=O) groups is 1. The van der Waals surface area contributed by atoms with Gasteiger partial charge in [0.2, 0.25) is 0 Å². The van der Waals surface area contributed by atoms with Gasteiger partial charge in [0, 0.05) is 5.38 Å². The van der Waals surface area contributed by atoms with E-state index in [1.807, 2.05) is 0 Å². The zero-order valence-electron chi connectivity index (χ0n) is 9.92. The molecule has 0 spiro atoms. The van der Waals surface area contributed by atoms with Gasteiger partial charge >= 0.3 is 5.97 Å². The van der Waals surface area contributed by atoms with E-state index in [0.29, 0.717) is 6.42 Å². The van der Waals surface area contributed by atoms with Crippen molar-refractivity contribution in [3.05, 3.63) is 34.9 Å². The number of hydrogen-bond donors (Lipinski definition) is 0. The largest absolute Gasteiger partial charge is 0.469 e. The topological polar surface area (TPSA) is 26.3 Å². The Kier molecular flexibility index (Phi) is 4.81.